The van der Waals surface area contributed by atoms with E-state index in [0.29, 0.717) is 22.1 Å². The molecule has 2 aromatic carbocycles. The van der Waals surface area contributed by atoms with Gasteiger partial charge in [0.25, 0.3) is 0 Å². The number of amides is 1. The van der Waals surface area contributed by atoms with Gasteiger partial charge in [-0.1, -0.05) is 29.8 Å². The van der Waals surface area contributed by atoms with Crippen LogP contribution in [0.2, 0.25) is 5.02 Å². The maximum absolute atomic E-state index is 12.4. The van der Waals surface area contributed by atoms with E-state index in [4.69, 9.17) is 21.1 Å². The van der Waals surface area contributed by atoms with Crippen LogP contribution in [0.3, 0.4) is 0 Å². The average Bonchev–Trinajstić information content (AvgIpc) is 2.60. The van der Waals surface area contributed by atoms with E-state index in [1.54, 1.807) is 42.5 Å². The zero-order chi connectivity index (χ0) is 19.1. The Kier molecular flexibility index (Phi) is 6.86. The molecule has 0 aliphatic rings. The van der Waals surface area contributed by atoms with E-state index >= 15 is 0 Å². The van der Waals surface area contributed by atoms with Gasteiger partial charge < -0.3 is 19.9 Å². The van der Waals surface area contributed by atoms with E-state index in [1.807, 2.05) is 0 Å². The van der Waals surface area contributed by atoms with Crippen LogP contribution < -0.4 is 14.8 Å². The van der Waals surface area contributed by atoms with Gasteiger partial charge in [0.05, 0.1) is 33.1 Å². The topological polar surface area (TPSA) is 84.9 Å². The second-order valence-corrected chi connectivity index (χ2v) is 6.08. The number of rotatable bonds is 8. The van der Waals surface area contributed by atoms with E-state index in [-0.39, 0.29) is 18.7 Å². The summed E-state index contributed by atoms with van der Waals surface area (Å²) < 4.78 is 10.4. The lowest BCUT2D eigenvalue weighted by molar-refractivity contribution is -0.137. The Bertz CT molecular complexity index is 793. The SMILES string of the molecule is COc1ccc(C(CC(=O)O)NC(=O)Cc2cccc(Cl)c2)cc1OC. The summed E-state index contributed by atoms with van der Waals surface area (Å²) in [4.78, 5) is 23.6. The quantitative estimate of drug-likeness (QED) is 0.737. The van der Waals surface area contributed by atoms with Crippen molar-refractivity contribution >= 4 is 23.5 Å². The predicted octanol–water partition coefficient (Wildman–Crippen LogP) is 3.23. The molecule has 2 aromatic rings. The van der Waals surface area contributed by atoms with E-state index < -0.39 is 12.0 Å². The van der Waals surface area contributed by atoms with Crippen molar-refractivity contribution in [2.24, 2.45) is 0 Å². The fourth-order valence-corrected chi connectivity index (χ4v) is 2.79. The molecule has 6 nitrogen and oxygen atoms in total. The molecule has 2 rings (SSSR count). The molecular formula is C19H20ClNO5. The first kappa shape index (κ1) is 19.6. The molecule has 0 bridgehead atoms. The van der Waals surface area contributed by atoms with Crippen LogP contribution in [-0.2, 0) is 16.0 Å². The number of carboxylic acid groups (broad SMARTS) is 1. The highest BCUT2D eigenvalue weighted by atomic mass is 35.5. The van der Waals surface area contributed by atoms with E-state index in [9.17, 15) is 14.7 Å². The number of halogens is 1. The highest BCUT2D eigenvalue weighted by Crippen LogP contribution is 2.31. The second kappa shape index (κ2) is 9.10. The fourth-order valence-electron chi connectivity index (χ4n) is 2.57. The lowest BCUT2D eigenvalue weighted by Gasteiger charge is -2.19. The summed E-state index contributed by atoms with van der Waals surface area (Å²) in [6, 6.07) is 11.3. The number of ether oxygens (including phenoxy) is 2. The number of methoxy groups -OCH3 is 2. The van der Waals surface area contributed by atoms with Crippen LogP contribution in [0.5, 0.6) is 11.5 Å². The highest BCUT2D eigenvalue weighted by Gasteiger charge is 2.20. The van der Waals surface area contributed by atoms with Crippen molar-refractivity contribution in [1.29, 1.82) is 0 Å². The Labute approximate surface area is 156 Å². The summed E-state index contributed by atoms with van der Waals surface area (Å²) in [5.41, 5.74) is 1.36. The number of hydrogen-bond donors (Lipinski definition) is 2. The average molecular weight is 378 g/mol. The molecule has 0 aliphatic heterocycles. The van der Waals surface area contributed by atoms with Crippen LogP contribution in [0.1, 0.15) is 23.6 Å². The Morgan fingerprint density at radius 3 is 2.46 bits per heavy atom. The van der Waals surface area contributed by atoms with Crippen LogP contribution in [0, 0.1) is 0 Å². The molecule has 0 saturated heterocycles. The van der Waals surface area contributed by atoms with Crippen LogP contribution in [0.15, 0.2) is 42.5 Å². The van der Waals surface area contributed by atoms with Crippen molar-refractivity contribution in [3.63, 3.8) is 0 Å². The van der Waals surface area contributed by atoms with Crippen molar-refractivity contribution in [3.8, 4) is 11.5 Å². The van der Waals surface area contributed by atoms with Crippen LogP contribution in [-0.4, -0.2) is 31.2 Å². The molecule has 0 saturated carbocycles. The van der Waals surface area contributed by atoms with Gasteiger partial charge in [-0.15, -0.1) is 0 Å². The van der Waals surface area contributed by atoms with Crippen LogP contribution in [0.4, 0.5) is 0 Å². The molecule has 0 heterocycles. The molecule has 26 heavy (non-hydrogen) atoms. The number of benzene rings is 2. The Hall–Kier alpha value is -2.73. The van der Waals surface area contributed by atoms with Gasteiger partial charge in [-0.2, -0.15) is 0 Å². The summed E-state index contributed by atoms with van der Waals surface area (Å²) in [6.45, 7) is 0. The molecule has 0 aliphatic carbocycles. The second-order valence-electron chi connectivity index (χ2n) is 5.64. The van der Waals surface area contributed by atoms with Crippen LogP contribution >= 0.6 is 11.6 Å². The molecule has 0 spiro atoms. The molecule has 138 valence electrons. The third-order valence-electron chi connectivity index (χ3n) is 3.78. The monoisotopic (exact) mass is 377 g/mol. The number of nitrogens with one attached hydrogen (secondary N) is 1. The summed E-state index contributed by atoms with van der Waals surface area (Å²) in [5.74, 6) is -0.332. The maximum Gasteiger partial charge on any atom is 0.305 e. The first-order chi connectivity index (χ1) is 12.4. The predicted molar refractivity (Wildman–Crippen MR) is 97.8 cm³/mol. The van der Waals surface area contributed by atoms with E-state index in [1.165, 1.54) is 14.2 Å². The minimum Gasteiger partial charge on any atom is -0.493 e. The van der Waals surface area contributed by atoms with Gasteiger partial charge >= 0.3 is 5.97 Å². The lowest BCUT2D eigenvalue weighted by Crippen LogP contribution is -2.31. The molecule has 7 heteroatoms. The summed E-state index contributed by atoms with van der Waals surface area (Å²) in [7, 11) is 3.00. The zero-order valence-corrected chi connectivity index (χ0v) is 15.2. The Morgan fingerprint density at radius 2 is 1.85 bits per heavy atom. The third kappa shape index (κ3) is 5.39. The summed E-state index contributed by atoms with van der Waals surface area (Å²) in [5, 5.41) is 12.5. The van der Waals surface area contributed by atoms with Gasteiger partial charge in [0, 0.05) is 5.02 Å². The number of carboxylic acids is 1. The van der Waals surface area contributed by atoms with Gasteiger partial charge in [0.1, 0.15) is 0 Å². The van der Waals surface area contributed by atoms with E-state index in [2.05, 4.69) is 5.32 Å². The van der Waals surface area contributed by atoms with Crippen molar-refractivity contribution in [3.05, 3.63) is 58.6 Å². The van der Waals surface area contributed by atoms with Crippen molar-refractivity contribution < 1.29 is 24.2 Å². The van der Waals surface area contributed by atoms with Gasteiger partial charge in [-0.3, -0.25) is 9.59 Å². The third-order valence-corrected chi connectivity index (χ3v) is 4.01. The molecule has 0 aromatic heterocycles. The van der Waals surface area contributed by atoms with Crippen molar-refractivity contribution in [2.75, 3.05) is 14.2 Å². The van der Waals surface area contributed by atoms with Crippen molar-refractivity contribution in [1.82, 2.24) is 5.32 Å². The molecule has 0 radical (unpaired) electrons. The van der Waals surface area contributed by atoms with Gasteiger partial charge in [0.2, 0.25) is 5.91 Å². The zero-order valence-electron chi connectivity index (χ0n) is 14.5. The fraction of sp³-hybridized carbons (Fsp3) is 0.263. The normalized spacial score (nSPS) is 11.5. The van der Waals surface area contributed by atoms with E-state index in [0.717, 1.165) is 5.56 Å². The largest absolute Gasteiger partial charge is 0.493 e. The molecular weight excluding hydrogens is 358 g/mol. The summed E-state index contributed by atoms with van der Waals surface area (Å²) in [6.07, 6.45) is -0.152. The smallest absolute Gasteiger partial charge is 0.305 e. The lowest BCUT2D eigenvalue weighted by atomic mass is 10.0. The van der Waals surface area contributed by atoms with Gasteiger partial charge in [-0.25, -0.2) is 0 Å². The maximum atomic E-state index is 12.4. The molecule has 2 N–H and O–H groups in total. The molecule has 1 amide bonds. The number of carbonyl (C=O) groups excluding carboxylic acids is 1. The molecule has 1 unspecified atom stereocenters. The standard InChI is InChI=1S/C19H20ClNO5/c1-25-16-7-6-13(10-17(16)26-2)15(11-19(23)24)21-18(22)9-12-4-3-5-14(20)8-12/h3-8,10,15H,9,11H2,1-2H3,(H,21,22)(H,23,24). The minimum atomic E-state index is -1.02. The first-order valence-electron chi connectivity index (χ1n) is 7.90. The number of carbonyl (C=O) groups is 2. The molecule has 0 fully saturated rings. The number of hydrogen-bond acceptors (Lipinski definition) is 4. The highest BCUT2D eigenvalue weighted by molar-refractivity contribution is 6.30. The van der Waals surface area contributed by atoms with Crippen molar-refractivity contribution in [2.45, 2.75) is 18.9 Å². The Morgan fingerprint density at radius 1 is 1.12 bits per heavy atom. The Balaban J connectivity index is 2.19. The van der Waals surface area contributed by atoms with Gasteiger partial charge in [0.15, 0.2) is 11.5 Å². The summed E-state index contributed by atoms with van der Waals surface area (Å²) >= 11 is 5.93. The molecule has 1 atom stereocenters. The first-order valence-corrected chi connectivity index (χ1v) is 8.28. The number of aliphatic carboxylic acids is 1. The van der Waals surface area contributed by atoms with Gasteiger partial charge in [-0.05, 0) is 35.4 Å². The minimum absolute atomic E-state index is 0.101. The van der Waals surface area contributed by atoms with Crippen LogP contribution in [0.25, 0.3) is 0 Å².